The Balaban J connectivity index is 2.98. The summed E-state index contributed by atoms with van der Waals surface area (Å²) in [5, 5.41) is 22.9. The van der Waals surface area contributed by atoms with Crippen LogP contribution in [0.15, 0.2) is 0 Å². The van der Waals surface area contributed by atoms with Gasteiger partial charge in [0, 0.05) is 13.6 Å². The SMILES string of the molecule is CC(=O)[C@@H]1CCCCNC(=O)C[C@H](N(C)O)C(=O)N1O. The monoisotopic (exact) mass is 287 g/mol. The summed E-state index contributed by atoms with van der Waals surface area (Å²) >= 11 is 0. The molecule has 0 radical (unpaired) electrons. The van der Waals surface area contributed by atoms with Crippen LogP contribution in [0.3, 0.4) is 0 Å². The zero-order valence-electron chi connectivity index (χ0n) is 11.7. The van der Waals surface area contributed by atoms with Crippen LogP contribution >= 0.6 is 0 Å². The standard InChI is InChI=1S/C12H21N3O5/c1-8(16)9-5-3-4-6-13-11(17)7-10(14(2)19)12(18)15(9)20/h9-10,19-20H,3-7H2,1-2H3,(H,13,17)/t9-,10-/m0/s1. The van der Waals surface area contributed by atoms with Crippen molar-refractivity contribution < 1.29 is 24.8 Å². The van der Waals surface area contributed by atoms with Crippen molar-refractivity contribution in [3.63, 3.8) is 0 Å². The van der Waals surface area contributed by atoms with Gasteiger partial charge in [-0.2, -0.15) is 5.06 Å². The van der Waals surface area contributed by atoms with Gasteiger partial charge in [0.2, 0.25) is 5.91 Å². The van der Waals surface area contributed by atoms with E-state index in [-0.39, 0.29) is 18.1 Å². The Morgan fingerprint density at radius 3 is 2.60 bits per heavy atom. The number of amides is 2. The van der Waals surface area contributed by atoms with Crippen LogP contribution in [0.5, 0.6) is 0 Å². The lowest BCUT2D eigenvalue weighted by atomic mass is 10.0. The van der Waals surface area contributed by atoms with E-state index < -0.39 is 18.0 Å². The second-order valence-corrected chi connectivity index (χ2v) is 4.95. The summed E-state index contributed by atoms with van der Waals surface area (Å²) in [4.78, 5) is 35.3. The van der Waals surface area contributed by atoms with Crippen molar-refractivity contribution in [3.05, 3.63) is 0 Å². The van der Waals surface area contributed by atoms with Gasteiger partial charge in [-0.1, -0.05) is 0 Å². The van der Waals surface area contributed by atoms with E-state index >= 15 is 0 Å². The maximum absolute atomic E-state index is 12.1. The van der Waals surface area contributed by atoms with Crippen molar-refractivity contribution in [2.24, 2.45) is 0 Å². The van der Waals surface area contributed by atoms with Crippen molar-refractivity contribution in [1.29, 1.82) is 0 Å². The van der Waals surface area contributed by atoms with E-state index in [4.69, 9.17) is 0 Å². The largest absolute Gasteiger partial charge is 0.356 e. The first-order valence-electron chi connectivity index (χ1n) is 6.55. The molecule has 0 unspecified atom stereocenters. The third-order valence-electron chi connectivity index (χ3n) is 3.33. The summed E-state index contributed by atoms with van der Waals surface area (Å²) in [5.74, 6) is -1.59. The van der Waals surface area contributed by atoms with E-state index in [0.29, 0.717) is 35.9 Å². The number of carbonyl (C=O) groups excluding carboxylic acids is 3. The van der Waals surface area contributed by atoms with Gasteiger partial charge in [-0.3, -0.25) is 19.6 Å². The number of hydrogen-bond donors (Lipinski definition) is 3. The Kier molecular flexibility index (Phi) is 6.05. The van der Waals surface area contributed by atoms with Crippen molar-refractivity contribution in [2.45, 2.75) is 44.7 Å². The fourth-order valence-electron chi connectivity index (χ4n) is 2.12. The summed E-state index contributed by atoms with van der Waals surface area (Å²) in [5.41, 5.74) is 0. The molecule has 0 aliphatic carbocycles. The van der Waals surface area contributed by atoms with Gasteiger partial charge in [-0.05, 0) is 26.2 Å². The third kappa shape index (κ3) is 4.26. The summed E-state index contributed by atoms with van der Waals surface area (Å²) in [6, 6.07) is -2.17. The quantitative estimate of drug-likeness (QED) is 0.468. The minimum absolute atomic E-state index is 0.284. The highest BCUT2D eigenvalue weighted by molar-refractivity contribution is 5.91. The van der Waals surface area contributed by atoms with Crippen molar-refractivity contribution in [1.82, 2.24) is 15.4 Å². The normalized spacial score (nSPS) is 26.1. The third-order valence-corrected chi connectivity index (χ3v) is 3.33. The highest BCUT2D eigenvalue weighted by atomic mass is 16.5. The topological polar surface area (TPSA) is 110 Å². The molecular formula is C12H21N3O5. The van der Waals surface area contributed by atoms with E-state index in [1.165, 1.54) is 14.0 Å². The van der Waals surface area contributed by atoms with Crippen LogP contribution < -0.4 is 5.32 Å². The molecule has 20 heavy (non-hydrogen) atoms. The lowest BCUT2D eigenvalue weighted by Gasteiger charge is -2.29. The predicted molar refractivity (Wildman–Crippen MR) is 67.9 cm³/mol. The summed E-state index contributed by atoms with van der Waals surface area (Å²) in [6.45, 7) is 1.73. The average Bonchev–Trinajstić information content (AvgIpc) is 2.39. The molecule has 114 valence electrons. The van der Waals surface area contributed by atoms with Crippen LogP contribution in [0.2, 0.25) is 0 Å². The van der Waals surface area contributed by atoms with E-state index in [2.05, 4.69) is 5.32 Å². The van der Waals surface area contributed by atoms with E-state index in [9.17, 15) is 24.8 Å². The Morgan fingerprint density at radius 1 is 1.40 bits per heavy atom. The number of hydroxylamine groups is 4. The van der Waals surface area contributed by atoms with Gasteiger partial charge in [-0.15, -0.1) is 0 Å². The molecule has 2 atom stereocenters. The van der Waals surface area contributed by atoms with Gasteiger partial charge in [0.05, 0.1) is 6.42 Å². The number of ketones is 1. The molecule has 8 nitrogen and oxygen atoms in total. The van der Waals surface area contributed by atoms with Crippen LogP contribution in [-0.4, -0.2) is 63.8 Å². The van der Waals surface area contributed by atoms with E-state index in [0.717, 1.165) is 0 Å². The summed E-state index contributed by atoms with van der Waals surface area (Å²) < 4.78 is 0. The molecular weight excluding hydrogens is 266 g/mol. The molecule has 1 aliphatic heterocycles. The Hall–Kier alpha value is -1.51. The van der Waals surface area contributed by atoms with Gasteiger partial charge in [0.15, 0.2) is 5.78 Å². The van der Waals surface area contributed by atoms with Gasteiger partial charge in [0.1, 0.15) is 12.1 Å². The summed E-state index contributed by atoms with van der Waals surface area (Å²) in [7, 11) is 1.21. The minimum Gasteiger partial charge on any atom is -0.356 e. The van der Waals surface area contributed by atoms with Crippen LogP contribution in [0.25, 0.3) is 0 Å². The van der Waals surface area contributed by atoms with Crippen molar-refractivity contribution >= 4 is 17.6 Å². The van der Waals surface area contributed by atoms with E-state index in [1.807, 2.05) is 0 Å². The maximum Gasteiger partial charge on any atom is 0.266 e. The van der Waals surface area contributed by atoms with Crippen LogP contribution in [0.4, 0.5) is 0 Å². The second-order valence-electron chi connectivity index (χ2n) is 4.95. The molecule has 0 saturated carbocycles. The van der Waals surface area contributed by atoms with E-state index in [1.54, 1.807) is 0 Å². The highest BCUT2D eigenvalue weighted by Gasteiger charge is 2.34. The molecule has 0 aromatic carbocycles. The molecule has 1 aliphatic rings. The molecule has 2 amide bonds. The molecule has 0 aromatic rings. The lowest BCUT2D eigenvalue weighted by molar-refractivity contribution is -0.197. The minimum atomic E-state index is -1.22. The van der Waals surface area contributed by atoms with Crippen molar-refractivity contribution in [3.8, 4) is 0 Å². The second kappa shape index (κ2) is 7.32. The molecule has 3 N–H and O–H groups in total. The number of rotatable bonds is 2. The molecule has 1 fully saturated rings. The first-order chi connectivity index (χ1) is 9.34. The zero-order chi connectivity index (χ0) is 15.3. The number of nitrogens with zero attached hydrogens (tertiary/aromatic N) is 2. The molecule has 8 heteroatoms. The van der Waals surface area contributed by atoms with Crippen molar-refractivity contribution in [2.75, 3.05) is 13.6 Å². The Labute approximate surface area is 117 Å². The van der Waals surface area contributed by atoms with Gasteiger partial charge < -0.3 is 10.5 Å². The smallest absolute Gasteiger partial charge is 0.266 e. The highest BCUT2D eigenvalue weighted by Crippen LogP contribution is 2.14. The van der Waals surface area contributed by atoms with Gasteiger partial charge >= 0.3 is 0 Å². The first-order valence-corrected chi connectivity index (χ1v) is 6.55. The fourth-order valence-corrected chi connectivity index (χ4v) is 2.12. The average molecular weight is 287 g/mol. The number of Topliss-reactive ketones (excluding diaryl/α,β-unsaturated/α-hetero) is 1. The van der Waals surface area contributed by atoms with Crippen LogP contribution in [0.1, 0.15) is 32.6 Å². The molecule has 1 rings (SSSR count). The fraction of sp³-hybridized carbons (Fsp3) is 0.750. The zero-order valence-corrected chi connectivity index (χ0v) is 11.7. The number of carbonyl (C=O) groups is 3. The Morgan fingerprint density at radius 2 is 2.05 bits per heavy atom. The number of hydrogen-bond acceptors (Lipinski definition) is 6. The maximum atomic E-state index is 12.1. The lowest BCUT2D eigenvalue weighted by Crippen LogP contribution is -2.51. The predicted octanol–water partition coefficient (Wildman–Crippen LogP) is -0.458. The molecule has 1 saturated heterocycles. The number of likely N-dealkylation sites (N-methyl/N-ethyl adjacent to an activating group) is 1. The Bertz CT molecular complexity index is 385. The number of nitrogens with one attached hydrogen (secondary N) is 1. The molecule has 1 heterocycles. The van der Waals surface area contributed by atoms with Crippen LogP contribution in [0, 0.1) is 0 Å². The molecule has 0 spiro atoms. The molecule has 0 aromatic heterocycles. The van der Waals surface area contributed by atoms with Gasteiger partial charge in [0.25, 0.3) is 5.91 Å². The van der Waals surface area contributed by atoms with Gasteiger partial charge in [-0.25, -0.2) is 5.06 Å². The van der Waals surface area contributed by atoms with Crippen LogP contribution in [-0.2, 0) is 14.4 Å². The first kappa shape index (κ1) is 16.5. The molecule has 0 bridgehead atoms. The summed E-state index contributed by atoms with van der Waals surface area (Å²) in [6.07, 6.45) is 1.27.